The lowest BCUT2D eigenvalue weighted by Crippen LogP contribution is -2.50. The van der Waals surface area contributed by atoms with Crippen LogP contribution in [0.2, 0.25) is 0 Å². The first kappa shape index (κ1) is 13.9. The fraction of sp³-hybridized carbons (Fsp3) is 1.00. The highest BCUT2D eigenvalue weighted by Gasteiger charge is 2.29. The van der Waals surface area contributed by atoms with E-state index in [9.17, 15) is 5.11 Å². The predicted octanol–water partition coefficient (Wildman–Crippen LogP) is 1.50. The van der Waals surface area contributed by atoms with Gasteiger partial charge in [-0.1, -0.05) is 26.7 Å². The Morgan fingerprint density at radius 1 is 1.38 bits per heavy atom. The molecule has 1 saturated carbocycles. The second-order valence-corrected chi connectivity index (χ2v) is 5.78. The Kier molecular flexibility index (Phi) is 5.22. The van der Waals surface area contributed by atoms with Gasteiger partial charge in [0.25, 0.3) is 0 Å². The van der Waals surface area contributed by atoms with Crippen LogP contribution in [0.3, 0.4) is 0 Å². The van der Waals surface area contributed by atoms with Gasteiger partial charge in [0, 0.05) is 12.6 Å². The molecule has 0 bridgehead atoms. The van der Waals surface area contributed by atoms with Crippen LogP contribution in [0, 0.1) is 11.8 Å². The predicted molar refractivity (Wildman–Crippen MR) is 68.3 cm³/mol. The minimum atomic E-state index is -0.614. The van der Waals surface area contributed by atoms with E-state index in [1.165, 1.54) is 25.7 Å². The van der Waals surface area contributed by atoms with E-state index in [1.54, 1.807) is 0 Å². The summed E-state index contributed by atoms with van der Waals surface area (Å²) in [6.45, 7) is 7.46. The Morgan fingerprint density at radius 3 is 2.56 bits per heavy atom. The van der Waals surface area contributed by atoms with Crippen LogP contribution in [0.5, 0.6) is 0 Å². The molecule has 3 unspecified atom stereocenters. The summed E-state index contributed by atoms with van der Waals surface area (Å²) in [5.41, 5.74) is 5.18. The lowest BCUT2D eigenvalue weighted by molar-refractivity contribution is 0.00871. The Balaban J connectivity index is 2.40. The fourth-order valence-corrected chi connectivity index (χ4v) is 2.30. The van der Waals surface area contributed by atoms with E-state index in [-0.39, 0.29) is 5.92 Å². The number of nitrogens with one attached hydrogen (secondary N) is 1. The van der Waals surface area contributed by atoms with Crippen molar-refractivity contribution in [2.24, 2.45) is 17.6 Å². The zero-order chi connectivity index (χ0) is 12.2. The Hall–Kier alpha value is -0.120. The zero-order valence-electron chi connectivity index (χ0n) is 11.0. The van der Waals surface area contributed by atoms with Gasteiger partial charge in [0.2, 0.25) is 0 Å². The van der Waals surface area contributed by atoms with Gasteiger partial charge in [-0.2, -0.15) is 0 Å². The molecular weight excluding hydrogens is 200 g/mol. The summed E-state index contributed by atoms with van der Waals surface area (Å²) in [5.74, 6) is 0.872. The first-order valence-electron chi connectivity index (χ1n) is 6.63. The van der Waals surface area contributed by atoms with Crippen LogP contribution in [0.25, 0.3) is 0 Å². The fourth-order valence-electron chi connectivity index (χ4n) is 2.30. The van der Waals surface area contributed by atoms with Gasteiger partial charge in [-0.15, -0.1) is 0 Å². The highest BCUT2D eigenvalue weighted by atomic mass is 16.3. The SMILES string of the molecule is CC(C)C(C)(O)CNC1CCCCC1CN. The minimum absolute atomic E-state index is 0.278. The molecule has 0 spiro atoms. The Morgan fingerprint density at radius 2 is 2.00 bits per heavy atom. The van der Waals surface area contributed by atoms with Crippen LogP contribution >= 0.6 is 0 Å². The smallest absolute Gasteiger partial charge is 0.0766 e. The maximum atomic E-state index is 10.2. The molecule has 0 amide bonds. The van der Waals surface area contributed by atoms with E-state index < -0.39 is 5.60 Å². The van der Waals surface area contributed by atoms with Crippen LogP contribution in [-0.4, -0.2) is 29.8 Å². The van der Waals surface area contributed by atoms with Gasteiger partial charge < -0.3 is 16.2 Å². The molecule has 1 fully saturated rings. The zero-order valence-corrected chi connectivity index (χ0v) is 11.0. The van der Waals surface area contributed by atoms with Crippen LogP contribution in [0.1, 0.15) is 46.5 Å². The summed E-state index contributed by atoms with van der Waals surface area (Å²) in [6.07, 6.45) is 5.03. The van der Waals surface area contributed by atoms with E-state index in [0.29, 0.717) is 18.5 Å². The highest BCUT2D eigenvalue weighted by Crippen LogP contribution is 2.24. The lowest BCUT2D eigenvalue weighted by atomic mass is 9.83. The van der Waals surface area contributed by atoms with Crippen LogP contribution in [0.15, 0.2) is 0 Å². The topological polar surface area (TPSA) is 58.3 Å². The van der Waals surface area contributed by atoms with E-state index in [2.05, 4.69) is 19.2 Å². The third-order valence-corrected chi connectivity index (χ3v) is 4.18. The number of nitrogens with two attached hydrogens (primary N) is 1. The largest absolute Gasteiger partial charge is 0.389 e. The maximum Gasteiger partial charge on any atom is 0.0766 e. The lowest BCUT2D eigenvalue weighted by Gasteiger charge is -2.35. The summed E-state index contributed by atoms with van der Waals surface area (Å²) in [5, 5.41) is 13.7. The highest BCUT2D eigenvalue weighted by molar-refractivity contribution is 4.86. The molecule has 96 valence electrons. The van der Waals surface area contributed by atoms with Crippen molar-refractivity contribution in [3.63, 3.8) is 0 Å². The first-order valence-corrected chi connectivity index (χ1v) is 6.63. The quantitative estimate of drug-likeness (QED) is 0.668. The summed E-state index contributed by atoms with van der Waals surface area (Å²) in [4.78, 5) is 0. The summed E-state index contributed by atoms with van der Waals surface area (Å²) < 4.78 is 0. The second kappa shape index (κ2) is 5.99. The summed E-state index contributed by atoms with van der Waals surface area (Å²) in [6, 6.07) is 0.504. The van der Waals surface area contributed by atoms with Crippen molar-refractivity contribution in [1.29, 1.82) is 0 Å². The van der Waals surface area contributed by atoms with Crippen molar-refractivity contribution in [2.45, 2.75) is 58.1 Å². The molecule has 0 radical (unpaired) electrons. The third kappa shape index (κ3) is 3.72. The molecular formula is C13H28N2O. The van der Waals surface area contributed by atoms with Crippen molar-refractivity contribution in [2.75, 3.05) is 13.1 Å². The van der Waals surface area contributed by atoms with E-state index in [4.69, 9.17) is 5.73 Å². The molecule has 1 aliphatic rings. The summed E-state index contributed by atoms with van der Waals surface area (Å²) >= 11 is 0. The van der Waals surface area contributed by atoms with Crippen molar-refractivity contribution >= 4 is 0 Å². The monoisotopic (exact) mass is 228 g/mol. The van der Waals surface area contributed by atoms with E-state index >= 15 is 0 Å². The Bertz CT molecular complexity index is 204. The van der Waals surface area contributed by atoms with Crippen molar-refractivity contribution < 1.29 is 5.11 Å². The van der Waals surface area contributed by atoms with Crippen LogP contribution in [0.4, 0.5) is 0 Å². The van der Waals surface area contributed by atoms with E-state index in [0.717, 1.165) is 6.54 Å². The molecule has 3 nitrogen and oxygen atoms in total. The third-order valence-electron chi connectivity index (χ3n) is 4.18. The molecule has 0 aromatic rings. The maximum absolute atomic E-state index is 10.2. The van der Waals surface area contributed by atoms with Crippen molar-refractivity contribution in [1.82, 2.24) is 5.32 Å². The van der Waals surface area contributed by atoms with Gasteiger partial charge in [-0.05, 0) is 38.1 Å². The van der Waals surface area contributed by atoms with Gasteiger partial charge in [0.1, 0.15) is 0 Å². The molecule has 4 N–H and O–H groups in total. The molecule has 0 aromatic carbocycles. The van der Waals surface area contributed by atoms with Crippen LogP contribution < -0.4 is 11.1 Å². The van der Waals surface area contributed by atoms with Crippen molar-refractivity contribution in [3.05, 3.63) is 0 Å². The molecule has 1 rings (SSSR count). The van der Waals surface area contributed by atoms with Gasteiger partial charge in [-0.3, -0.25) is 0 Å². The number of hydrogen-bond donors (Lipinski definition) is 3. The molecule has 0 saturated heterocycles. The molecule has 0 aromatic heterocycles. The standard InChI is InChI=1S/C13H28N2O/c1-10(2)13(3,16)9-15-12-7-5-4-6-11(12)8-14/h10-12,15-16H,4-9,14H2,1-3H3. The molecule has 1 aliphatic carbocycles. The average molecular weight is 228 g/mol. The molecule has 3 heteroatoms. The minimum Gasteiger partial charge on any atom is -0.389 e. The number of hydrogen-bond acceptors (Lipinski definition) is 3. The van der Waals surface area contributed by atoms with Crippen molar-refractivity contribution in [3.8, 4) is 0 Å². The molecule has 0 aliphatic heterocycles. The van der Waals surface area contributed by atoms with Gasteiger partial charge >= 0.3 is 0 Å². The van der Waals surface area contributed by atoms with Gasteiger partial charge in [0.15, 0.2) is 0 Å². The van der Waals surface area contributed by atoms with E-state index in [1.807, 2.05) is 6.92 Å². The molecule has 0 heterocycles. The summed E-state index contributed by atoms with van der Waals surface area (Å²) in [7, 11) is 0. The normalized spacial score (nSPS) is 30.4. The second-order valence-electron chi connectivity index (χ2n) is 5.78. The van der Waals surface area contributed by atoms with Crippen LogP contribution in [-0.2, 0) is 0 Å². The van der Waals surface area contributed by atoms with Gasteiger partial charge in [-0.25, -0.2) is 0 Å². The number of aliphatic hydroxyl groups is 1. The molecule has 3 atom stereocenters. The molecule has 16 heavy (non-hydrogen) atoms. The van der Waals surface area contributed by atoms with Gasteiger partial charge in [0.05, 0.1) is 5.60 Å². The first-order chi connectivity index (χ1) is 7.47. The number of rotatable bonds is 5. The Labute approximate surface area is 99.8 Å². The average Bonchev–Trinajstić information content (AvgIpc) is 2.26.